The molecule has 1 saturated carbocycles. The van der Waals surface area contributed by atoms with Crippen molar-refractivity contribution in [3.63, 3.8) is 0 Å². The third kappa shape index (κ3) is 4.23. The fraction of sp³-hybridized carbons (Fsp3) is 0.333. The zero-order valence-electron chi connectivity index (χ0n) is 12.8. The van der Waals surface area contributed by atoms with E-state index in [1.165, 1.54) is 0 Å². The third-order valence-electron chi connectivity index (χ3n) is 4.04. The number of benzene rings is 1. The zero-order chi connectivity index (χ0) is 16.1. The number of aromatic nitrogens is 1. The molecule has 0 atom stereocenters. The summed E-state index contributed by atoms with van der Waals surface area (Å²) >= 11 is 6.25. The third-order valence-corrected chi connectivity index (χ3v) is 4.34. The molecule has 1 aromatic carbocycles. The molecule has 5 heteroatoms. The summed E-state index contributed by atoms with van der Waals surface area (Å²) in [6.45, 7) is 0.404. The second-order valence-electron chi connectivity index (χ2n) is 5.77. The molecule has 1 aromatic heterocycles. The van der Waals surface area contributed by atoms with Gasteiger partial charge in [-0.3, -0.25) is 9.78 Å². The Labute approximate surface area is 140 Å². The summed E-state index contributed by atoms with van der Waals surface area (Å²) in [5.41, 5.74) is 1.68. The van der Waals surface area contributed by atoms with Crippen LogP contribution >= 0.6 is 11.6 Å². The Kier molecular flexibility index (Phi) is 5.13. The first-order valence-electron chi connectivity index (χ1n) is 7.84. The molecular weight excluding hydrogens is 312 g/mol. The fourth-order valence-electron chi connectivity index (χ4n) is 2.77. The molecule has 0 spiro atoms. The van der Waals surface area contributed by atoms with Crippen LogP contribution in [-0.4, -0.2) is 10.9 Å². The van der Waals surface area contributed by atoms with Crippen molar-refractivity contribution < 1.29 is 9.53 Å². The first-order chi connectivity index (χ1) is 11.2. The highest BCUT2D eigenvalue weighted by molar-refractivity contribution is 6.32. The molecule has 2 aromatic rings. The number of hydrogen-bond donors (Lipinski definition) is 1. The fourth-order valence-corrected chi connectivity index (χ4v) is 3.01. The van der Waals surface area contributed by atoms with Crippen molar-refractivity contribution in [2.24, 2.45) is 5.92 Å². The SMILES string of the molecule is O=C(Nc1ccc(OCc2cccnc2)c(Cl)c1)C1CCCC1. The lowest BCUT2D eigenvalue weighted by molar-refractivity contribution is -0.119. The number of nitrogens with zero attached hydrogens (tertiary/aromatic N) is 1. The van der Waals surface area contributed by atoms with Gasteiger partial charge in [0.25, 0.3) is 0 Å². The second kappa shape index (κ2) is 7.47. The van der Waals surface area contributed by atoms with Gasteiger partial charge < -0.3 is 10.1 Å². The molecule has 4 nitrogen and oxygen atoms in total. The lowest BCUT2D eigenvalue weighted by Crippen LogP contribution is -2.20. The van der Waals surface area contributed by atoms with Crippen LogP contribution in [0.3, 0.4) is 0 Å². The van der Waals surface area contributed by atoms with Crippen LogP contribution in [0.4, 0.5) is 5.69 Å². The summed E-state index contributed by atoms with van der Waals surface area (Å²) in [5, 5.41) is 3.42. The number of carbonyl (C=O) groups excluding carboxylic acids is 1. The highest BCUT2D eigenvalue weighted by Gasteiger charge is 2.22. The average molecular weight is 331 g/mol. The normalized spacial score (nSPS) is 14.7. The van der Waals surface area contributed by atoms with Gasteiger partial charge in [0.1, 0.15) is 12.4 Å². The van der Waals surface area contributed by atoms with E-state index in [1.54, 1.807) is 24.5 Å². The second-order valence-corrected chi connectivity index (χ2v) is 6.17. The van der Waals surface area contributed by atoms with E-state index >= 15 is 0 Å². The molecule has 1 N–H and O–H groups in total. The standard InChI is InChI=1S/C18H19ClN2O2/c19-16-10-15(21-18(22)14-5-1-2-6-14)7-8-17(16)23-12-13-4-3-9-20-11-13/h3-4,7-11,14H,1-2,5-6,12H2,(H,21,22). The average Bonchev–Trinajstić information content (AvgIpc) is 3.10. The molecule has 1 aliphatic carbocycles. The largest absolute Gasteiger partial charge is 0.487 e. The summed E-state index contributed by atoms with van der Waals surface area (Å²) in [4.78, 5) is 16.2. The minimum Gasteiger partial charge on any atom is -0.487 e. The van der Waals surface area contributed by atoms with Crippen molar-refractivity contribution in [1.82, 2.24) is 4.98 Å². The van der Waals surface area contributed by atoms with Crippen molar-refractivity contribution in [3.8, 4) is 5.75 Å². The highest BCUT2D eigenvalue weighted by atomic mass is 35.5. The Morgan fingerprint density at radius 1 is 1.30 bits per heavy atom. The number of halogens is 1. The predicted octanol–water partition coefficient (Wildman–Crippen LogP) is 4.44. The first-order valence-corrected chi connectivity index (χ1v) is 8.22. The number of pyridine rings is 1. The van der Waals surface area contributed by atoms with Crippen LogP contribution in [-0.2, 0) is 11.4 Å². The highest BCUT2D eigenvalue weighted by Crippen LogP contribution is 2.30. The van der Waals surface area contributed by atoms with Crippen molar-refractivity contribution in [1.29, 1.82) is 0 Å². The summed E-state index contributed by atoms with van der Waals surface area (Å²) in [7, 11) is 0. The maximum atomic E-state index is 12.1. The predicted molar refractivity (Wildman–Crippen MR) is 90.6 cm³/mol. The number of anilines is 1. The van der Waals surface area contributed by atoms with Crippen LogP contribution in [0, 0.1) is 5.92 Å². The van der Waals surface area contributed by atoms with E-state index in [4.69, 9.17) is 16.3 Å². The van der Waals surface area contributed by atoms with E-state index in [0.29, 0.717) is 23.1 Å². The van der Waals surface area contributed by atoms with E-state index in [9.17, 15) is 4.79 Å². The van der Waals surface area contributed by atoms with Gasteiger partial charge in [-0.2, -0.15) is 0 Å². The van der Waals surface area contributed by atoms with Gasteiger partial charge in [0.05, 0.1) is 5.02 Å². The first kappa shape index (κ1) is 15.8. The van der Waals surface area contributed by atoms with E-state index in [0.717, 1.165) is 31.2 Å². The van der Waals surface area contributed by atoms with Crippen LogP contribution in [0.25, 0.3) is 0 Å². The van der Waals surface area contributed by atoms with Gasteiger partial charge in [0.15, 0.2) is 0 Å². The molecule has 0 radical (unpaired) electrons. The maximum absolute atomic E-state index is 12.1. The van der Waals surface area contributed by atoms with E-state index in [-0.39, 0.29) is 11.8 Å². The molecule has 0 saturated heterocycles. The minimum absolute atomic E-state index is 0.0857. The van der Waals surface area contributed by atoms with Gasteiger partial charge in [-0.1, -0.05) is 30.5 Å². The van der Waals surface area contributed by atoms with Gasteiger partial charge in [0.2, 0.25) is 5.91 Å². The monoisotopic (exact) mass is 330 g/mol. The van der Waals surface area contributed by atoms with Crippen molar-refractivity contribution in [3.05, 3.63) is 53.3 Å². The van der Waals surface area contributed by atoms with E-state index in [1.807, 2.05) is 18.2 Å². The Morgan fingerprint density at radius 2 is 2.13 bits per heavy atom. The lowest BCUT2D eigenvalue weighted by atomic mass is 10.1. The van der Waals surface area contributed by atoms with Crippen molar-refractivity contribution in [2.45, 2.75) is 32.3 Å². The van der Waals surface area contributed by atoms with Crippen molar-refractivity contribution in [2.75, 3.05) is 5.32 Å². The molecule has 120 valence electrons. The molecule has 3 rings (SSSR count). The molecular formula is C18H19ClN2O2. The Hall–Kier alpha value is -2.07. The maximum Gasteiger partial charge on any atom is 0.227 e. The number of hydrogen-bond acceptors (Lipinski definition) is 3. The number of amides is 1. The number of rotatable bonds is 5. The molecule has 1 amide bonds. The molecule has 1 aliphatic rings. The van der Waals surface area contributed by atoms with Gasteiger partial charge in [0, 0.05) is 29.6 Å². The molecule has 0 bridgehead atoms. The summed E-state index contributed by atoms with van der Waals surface area (Å²) in [6.07, 6.45) is 7.71. The number of nitrogens with one attached hydrogen (secondary N) is 1. The molecule has 1 heterocycles. The topological polar surface area (TPSA) is 51.2 Å². The zero-order valence-corrected chi connectivity index (χ0v) is 13.6. The Balaban J connectivity index is 1.60. The van der Waals surface area contributed by atoms with Crippen molar-refractivity contribution >= 4 is 23.2 Å². The van der Waals surface area contributed by atoms with E-state index < -0.39 is 0 Å². The lowest BCUT2D eigenvalue weighted by Gasteiger charge is -2.12. The minimum atomic E-state index is 0.0857. The summed E-state index contributed by atoms with van der Waals surface area (Å²) < 4.78 is 5.70. The van der Waals surface area contributed by atoms with Crippen LogP contribution in [0.15, 0.2) is 42.7 Å². The van der Waals surface area contributed by atoms with Gasteiger partial charge in [-0.25, -0.2) is 0 Å². The molecule has 0 aliphatic heterocycles. The Morgan fingerprint density at radius 3 is 2.83 bits per heavy atom. The number of ether oxygens (including phenoxy) is 1. The molecule has 1 fully saturated rings. The van der Waals surface area contributed by atoms with Gasteiger partial charge >= 0.3 is 0 Å². The van der Waals surface area contributed by atoms with Crippen LogP contribution < -0.4 is 10.1 Å². The molecule has 23 heavy (non-hydrogen) atoms. The van der Waals surface area contributed by atoms with Crippen LogP contribution in [0.2, 0.25) is 5.02 Å². The molecule has 0 unspecified atom stereocenters. The summed E-state index contributed by atoms with van der Waals surface area (Å²) in [6, 6.07) is 9.13. The van der Waals surface area contributed by atoms with Gasteiger partial charge in [-0.05, 0) is 37.1 Å². The Bertz CT molecular complexity index is 670. The quantitative estimate of drug-likeness (QED) is 0.881. The van der Waals surface area contributed by atoms with E-state index in [2.05, 4.69) is 10.3 Å². The van der Waals surface area contributed by atoms with Gasteiger partial charge in [-0.15, -0.1) is 0 Å². The summed E-state index contributed by atoms with van der Waals surface area (Å²) in [5.74, 6) is 0.812. The van der Waals surface area contributed by atoms with Crippen LogP contribution in [0.5, 0.6) is 5.75 Å². The number of carbonyl (C=O) groups is 1. The smallest absolute Gasteiger partial charge is 0.227 e. The van der Waals surface area contributed by atoms with Crippen LogP contribution in [0.1, 0.15) is 31.2 Å².